The van der Waals surface area contributed by atoms with Gasteiger partial charge in [0.2, 0.25) is 0 Å². The molecule has 118 valence electrons. The summed E-state index contributed by atoms with van der Waals surface area (Å²) < 4.78 is 7.39. The lowest BCUT2D eigenvalue weighted by Crippen LogP contribution is -2.18. The van der Waals surface area contributed by atoms with Crippen LogP contribution in [-0.4, -0.2) is 33.1 Å². The molecule has 0 spiro atoms. The van der Waals surface area contributed by atoms with Crippen molar-refractivity contribution in [3.8, 4) is 0 Å². The van der Waals surface area contributed by atoms with Gasteiger partial charge in [0.1, 0.15) is 6.10 Å². The Morgan fingerprint density at radius 3 is 2.57 bits per heavy atom. The molecule has 0 bridgehead atoms. The van der Waals surface area contributed by atoms with E-state index >= 15 is 0 Å². The zero-order chi connectivity index (χ0) is 14.7. The molecule has 5 nitrogen and oxygen atoms in total. The molecule has 1 aromatic heterocycles. The molecule has 21 heavy (non-hydrogen) atoms. The number of aliphatic hydroxyl groups is 1. The zero-order valence-corrected chi connectivity index (χ0v) is 13.0. The number of aromatic nitrogens is 3. The predicted molar refractivity (Wildman–Crippen MR) is 80.0 cm³/mol. The van der Waals surface area contributed by atoms with E-state index in [-0.39, 0.29) is 0 Å². The summed E-state index contributed by atoms with van der Waals surface area (Å²) >= 11 is 0. The molecular weight excluding hydrogens is 266 g/mol. The van der Waals surface area contributed by atoms with Gasteiger partial charge in [0, 0.05) is 25.7 Å². The van der Waals surface area contributed by atoms with Gasteiger partial charge in [0.15, 0.2) is 11.6 Å². The number of hydrogen-bond donors (Lipinski definition) is 1. The van der Waals surface area contributed by atoms with Gasteiger partial charge >= 0.3 is 0 Å². The van der Waals surface area contributed by atoms with Gasteiger partial charge in [-0.25, -0.2) is 9.67 Å². The maximum Gasteiger partial charge on any atom is 0.155 e. The van der Waals surface area contributed by atoms with Crippen LogP contribution in [0.1, 0.15) is 75.5 Å². The quantitative estimate of drug-likeness (QED) is 0.927. The monoisotopic (exact) mass is 293 g/mol. The first kappa shape index (κ1) is 15.0. The van der Waals surface area contributed by atoms with Crippen LogP contribution >= 0.6 is 0 Å². The van der Waals surface area contributed by atoms with Crippen molar-refractivity contribution in [1.29, 1.82) is 0 Å². The molecule has 0 radical (unpaired) electrons. The van der Waals surface area contributed by atoms with Crippen LogP contribution in [0.25, 0.3) is 0 Å². The Bertz CT molecular complexity index is 446. The number of nitrogens with zero attached hydrogens (tertiary/aromatic N) is 3. The fourth-order valence-corrected chi connectivity index (χ4v) is 3.56. The van der Waals surface area contributed by atoms with Crippen LogP contribution in [0.4, 0.5) is 0 Å². The molecule has 1 aliphatic carbocycles. The van der Waals surface area contributed by atoms with E-state index in [4.69, 9.17) is 9.84 Å². The van der Waals surface area contributed by atoms with E-state index in [1.165, 1.54) is 32.1 Å². The second-order valence-corrected chi connectivity index (χ2v) is 6.58. The Kier molecular flexibility index (Phi) is 4.91. The Morgan fingerprint density at radius 2 is 1.90 bits per heavy atom. The third-order valence-corrected chi connectivity index (χ3v) is 4.83. The van der Waals surface area contributed by atoms with Crippen LogP contribution < -0.4 is 0 Å². The highest BCUT2D eigenvalue weighted by atomic mass is 16.5. The molecule has 0 aromatic carbocycles. The maximum absolute atomic E-state index is 10.00. The van der Waals surface area contributed by atoms with Gasteiger partial charge < -0.3 is 9.84 Å². The highest BCUT2D eigenvalue weighted by molar-refractivity contribution is 5.02. The van der Waals surface area contributed by atoms with E-state index in [0.29, 0.717) is 11.8 Å². The number of hydrogen-bond acceptors (Lipinski definition) is 4. The largest absolute Gasteiger partial charge is 0.385 e. The van der Waals surface area contributed by atoms with Crippen molar-refractivity contribution in [2.75, 3.05) is 13.2 Å². The average molecular weight is 293 g/mol. The van der Waals surface area contributed by atoms with Crippen molar-refractivity contribution in [3.05, 3.63) is 11.6 Å². The molecule has 3 rings (SSSR count). The Labute approximate surface area is 126 Å². The summed E-state index contributed by atoms with van der Waals surface area (Å²) in [5.74, 6) is 2.73. The Morgan fingerprint density at radius 1 is 1.19 bits per heavy atom. The highest BCUT2D eigenvalue weighted by Gasteiger charge is 2.25. The lowest BCUT2D eigenvalue weighted by Gasteiger charge is -2.22. The maximum atomic E-state index is 10.00. The summed E-state index contributed by atoms with van der Waals surface area (Å²) in [6.45, 7) is 4.29. The second-order valence-electron chi connectivity index (χ2n) is 6.58. The molecule has 1 saturated carbocycles. The Hall–Kier alpha value is -0.940. The topological polar surface area (TPSA) is 60.2 Å². The van der Waals surface area contributed by atoms with Gasteiger partial charge in [-0.05, 0) is 38.5 Å². The minimum atomic E-state index is -0.547. The molecule has 1 aliphatic heterocycles. The average Bonchev–Trinajstić information content (AvgIpc) is 2.93. The van der Waals surface area contributed by atoms with Gasteiger partial charge in [-0.3, -0.25) is 0 Å². The van der Waals surface area contributed by atoms with Crippen molar-refractivity contribution in [2.45, 2.75) is 70.4 Å². The number of ether oxygens (including phenoxy) is 1. The normalized spacial score (nSPS) is 23.3. The van der Waals surface area contributed by atoms with E-state index in [1.54, 1.807) is 6.92 Å². The van der Waals surface area contributed by atoms with Gasteiger partial charge in [-0.2, -0.15) is 5.10 Å². The first-order valence-corrected chi connectivity index (χ1v) is 8.44. The Balaban J connectivity index is 1.75. The molecule has 0 amide bonds. The highest BCUT2D eigenvalue weighted by Crippen LogP contribution is 2.28. The standard InChI is InChI=1S/C16H27N3O2/c1-12(20)16-17-15(14-7-9-21-10-8-14)18-19(16)11-13-5-3-2-4-6-13/h12-14,20H,2-11H2,1H3. The minimum Gasteiger partial charge on any atom is -0.385 e. The smallest absolute Gasteiger partial charge is 0.155 e. The third kappa shape index (κ3) is 3.64. The van der Waals surface area contributed by atoms with Crippen LogP contribution in [0.2, 0.25) is 0 Å². The summed E-state index contributed by atoms with van der Waals surface area (Å²) in [4.78, 5) is 4.65. The van der Waals surface area contributed by atoms with Crippen LogP contribution in [0, 0.1) is 5.92 Å². The van der Waals surface area contributed by atoms with E-state index in [1.807, 2.05) is 4.68 Å². The summed E-state index contributed by atoms with van der Waals surface area (Å²) in [6, 6.07) is 0. The summed E-state index contributed by atoms with van der Waals surface area (Å²) in [6.07, 6.45) is 8.03. The molecule has 1 atom stereocenters. The van der Waals surface area contributed by atoms with E-state index in [9.17, 15) is 5.11 Å². The number of rotatable bonds is 4. The van der Waals surface area contributed by atoms with Gasteiger partial charge in [-0.1, -0.05) is 19.3 Å². The first-order chi connectivity index (χ1) is 10.2. The van der Waals surface area contributed by atoms with Crippen LogP contribution in [-0.2, 0) is 11.3 Å². The fraction of sp³-hybridized carbons (Fsp3) is 0.875. The van der Waals surface area contributed by atoms with Crippen LogP contribution in [0.3, 0.4) is 0 Å². The molecular formula is C16H27N3O2. The summed E-state index contributed by atoms with van der Waals surface area (Å²) in [5, 5.41) is 14.7. The first-order valence-electron chi connectivity index (χ1n) is 8.44. The predicted octanol–water partition coefficient (Wildman–Crippen LogP) is 2.81. The summed E-state index contributed by atoms with van der Waals surface area (Å²) in [5.41, 5.74) is 0. The van der Waals surface area contributed by atoms with Gasteiger partial charge in [0.25, 0.3) is 0 Å². The molecule has 1 N–H and O–H groups in total. The lowest BCUT2D eigenvalue weighted by molar-refractivity contribution is 0.0835. The molecule has 1 unspecified atom stereocenters. The van der Waals surface area contributed by atoms with Crippen LogP contribution in [0.15, 0.2) is 0 Å². The van der Waals surface area contributed by atoms with Crippen molar-refractivity contribution in [2.24, 2.45) is 5.92 Å². The number of aliphatic hydroxyl groups excluding tert-OH is 1. The fourth-order valence-electron chi connectivity index (χ4n) is 3.56. The lowest BCUT2D eigenvalue weighted by atomic mass is 9.89. The molecule has 2 aliphatic rings. The molecule has 2 fully saturated rings. The van der Waals surface area contributed by atoms with E-state index < -0.39 is 6.10 Å². The molecule has 1 aromatic rings. The summed E-state index contributed by atoms with van der Waals surface area (Å²) in [7, 11) is 0. The molecule has 1 saturated heterocycles. The SMILES string of the molecule is CC(O)c1nc(C2CCOCC2)nn1CC1CCCCC1. The zero-order valence-electron chi connectivity index (χ0n) is 13.0. The minimum absolute atomic E-state index is 0.392. The van der Waals surface area contributed by atoms with Crippen molar-refractivity contribution < 1.29 is 9.84 Å². The molecule has 2 heterocycles. The van der Waals surface area contributed by atoms with E-state index in [0.717, 1.165) is 44.2 Å². The third-order valence-electron chi connectivity index (χ3n) is 4.83. The van der Waals surface area contributed by atoms with Crippen molar-refractivity contribution >= 4 is 0 Å². The van der Waals surface area contributed by atoms with E-state index in [2.05, 4.69) is 4.98 Å². The molecule has 5 heteroatoms. The van der Waals surface area contributed by atoms with Gasteiger partial charge in [0.05, 0.1) is 0 Å². The van der Waals surface area contributed by atoms with Crippen molar-refractivity contribution in [1.82, 2.24) is 14.8 Å². The van der Waals surface area contributed by atoms with Gasteiger partial charge in [-0.15, -0.1) is 0 Å². The van der Waals surface area contributed by atoms with Crippen molar-refractivity contribution in [3.63, 3.8) is 0 Å². The van der Waals surface area contributed by atoms with Crippen LogP contribution in [0.5, 0.6) is 0 Å². The second kappa shape index (κ2) is 6.88.